The molecule has 168 valence electrons. The highest BCUT2D eigenvalue weighted by Crippen LogP contribution is 2.27. The Hall–Kier alpha value is -2.16. The van der Waals surface area contributed by atoms with Crippen molar-refractivity contribution in [2.45, 2.75) is 51.0 Å². The number of benzene rings is 1. The van der Waals surface area contributed by atoms with Crippen LogP contribution < -0.4 is 5.32 Å². The van der Waals surface area contributed by atoms with Crippen molar-refractivity contribution in [2.24, 2.45) is 5.92 Å². The molecule has 0 aliphatic carbocycles. The van der Waals surface area contributed by atoms with Gasteiger partial charge in [0.05, 0.1) is 0 Å². The van der Waals surface area contributed by atoms with Gasteiger partial charge in [0.15, 0.2) is 5.76 Å². The molecular formula is C23H31N3O4S. The maximum atomic E-state index is 12.8. The third-order valence-corrected chi connectivity index (χ3v) is 8.28. The van der Waals surface area contributed by atoms with E-state index in [1.54, 1.807) is 6.92 Å². The Labute approximate surface area is 184 Å². The summed E-state index contributed by atoms with van der Waals surface area (Å²) in [4.78, 5) is 15.2. The van der Waals surface area contributed by atoms with Gasteiger partial charge in [0.1, 0.15) is 10.7 Å². The Balaban J connectivity index is 1.39. The van der Waals surface area contributed by atoms with Gasteiger partial charge in [-0.15, -0.1) is 0 Å². The second-order valence-corrected chi connectivity index (χ2v) is 10.7. The van der Waals surface area contributed by atoms with Gasteiger partial charge in [-0.25, -0.2) is 8.42 Å². The number of hydrogen-bond donors (Lipinski definition) is 1. The van der Waals surface area contributed by atoms with Crippen molar-refractivity contribution in [3.05, 3.63) is 47.4 Å². The number of nitrogens with zero attached hydrogens (tertiary/aromatic N) is 2. The normalized spacial score (nSPS) is 19.0. The number of carbonyl (C=O) groups is 1. The summed E-state index contributed by atoms with van der Waals surface area (Å²) in [5.41, 5.74) is 1.86. The topological polar surface area (TPSA) is 82.9 Å². The molecular weight excluding hydrogens is 414 g/mol. The number of furan rings is 1. The number of hydrogen-bond acceptors (Lipinski definition) is 5. The van der Waals surface area contributed by atoms with Crippen molar-refractivity contribution in [2.75, 3.05) is 31.5 Å². The van der Waals surface area contributed by atoms with E-state index in [4.69, 9.17) is 4.42 Å². The summed E-state index contributed by atoms with van der Waals surface area (Å²) in [6.07, 6.45) is 4.20. The highest BCUT2D eigenvalue weighted by atomic mass is 32.2. The zero-order valence-electron chi connectivity index (χ0n) is 18.3. The molecule has 2 aliphatic rings. The first-order valence-electron chi connectivity index (χ1n) is 11.1. The van der Waals surface area contributed by atoms with Crippen molar-refractivity contribution in [1.29, 1.82) is 0 Å². The molecule has 1 amide bonds. The summed E-state index contributed by atoms with van der Waals surface area (Å²) in [5, 5.41) is 2.80. The van der Waals surface area contributed by atoms with Crippen LogP contribution in [0.15, 0.2) is 39.6 Å². The van der Waals surface area contributed by atoms with Crippen LogP contribution in [0.4, 0.5) is 5.69 Å². The molecule has 0 spiro atoms. The Bertz CT molecular complexity index is 1020. The third kappa shape index (κ3) is 5.02. The van der Waals surface area contributed by atoms with Crippen LogP contribution in [0.3, 0.4) is 0 Å². The fraction of sp³-hybridized carbons (Fsp3) is 0.522. The Morgan fingerprint density at radius 3 is 2.39 bits per heavy atom. The van der Waals surface area contributed by atoms with E-state index in [1.807, 2.05) is 24.3 Å². The molecule has 2 aliphatic heterocycles. The highest BCUT2D eigenvalue weighted by molar-refractivity contribution is 7.89. The van der Waals surface area contributed by atoms with Crippen molar-refractivity contribution in [3.63, 3.8) is 0 Å². The fourth-order valence-corrected chi connectivity index (χ4v) is 5.94. The van der Waals surface area contributed by atoms with Crippen molar-refractivity contribution in [1.82, 2.24) is 9.21 Å². The summed E-state index contributed by atoms with van der Waals surface area (Å²) in [6, 6.07) is 9.12. The minimum absolute atomic E-state index is 0.00165. The molecule has 2 aromatic rings. The molecule has 4 rings (SSSR count). The maximum Gasteiger partial charge on any atom is 0.291 e. The number of rotatable bonds is 6. The average molecular weight is 446 g/mol. The lowest BCUT2D eigenvalue weighted by Gasteiger charge is -2.30. The van der Waals surface area contributed by atoms with E-state index >= 15 is 0 Å². The van der Waals surface area contributed by atoms with Crippen LogP contribution in [0.2, 0.25) is 0 Å². The zero-order chi connectivity index (χ0) is 22.0. The van der Waals surface area contributed by atoms with Crippen LogP contribution in [0.1, 0.15) is 54.5 Å². The van der Waals surface area contributed by atoms with E-state index in [-0.39, 0.29) is 16.4 Å². The molecule has 0 bridgehead atoms. The first-order valence-corrected chi connectivity index (χ1v) is 12.5. The molecule has 0 unspecified atom stereocenters. The van der Waals surface area contributed by atoms with Gasteiger partial charge in [-0.1, -0.05) is 19.1 Å². The van der Waals surface area contributed by atoms with Crippen LogP contribution >= 0.6 is 0 Å². The van der Waals surface area contributed by atoms with Gasteiger partial charge in [-0.3, -0.25) is 9.69 Å². The van der Waals surface area contributed by atoms with E-state index in [0.717, 1.165) is 38.4 Å². The van der Waals surface area contributed by atoms with E-state index in [9.17, 15) is 13.2 Å². The zero-order valence-corrected chi connectivity index (χ0v) is 19.1. The molecule has 7 nitrogen and oxygen atoms in total. The molecule has 2 fully saturated rings. The van der Waals surface area contributed by atoms with Crippen LogP contribution in [0.5, 0.6) is 0 Å². The van der Waals surface area contributed by atoms with Gasteiger partial charge in [-0.05, 0) is 69.3 Å². The Morgan fingerprint density at radius 2 is 1.74 bits per heavy atom. The maximum absolute atomic E-state index is 12.8. The summed E-state index contributed by atoms with van der Waals surface area (Å²) in [7, 11) is -3.62. The van der Waals surface area contributed by atoms with Gasteiger partial charge in [0.25, 0.3) is 5.91 Å². The lowest BCUT2D eigenvalue weighted by molar-refractivity contribution is 0.0995. The molecule has 1 N–H and O–H groups in total. The van der Waals surface area contributed by atoms with Crippen molar-refractivity contribution < 1.29 is 17.6 Å². The van der Waals surface area contributed by atoms with Gasteiger partial charge < -0.3 is 9.73 Å². The summed E-state index contributed by atoms with van der Waals surface area (Å²) < 4.78 is 32.6. The highest BCUT2D eigenvalue weighted by Gasteiger charge is 2.31. The summed E-state index contributed by atoms with van der Waals surface area (Å²) in [5.74, 6) is 0.596. The Kier molecular flexibility index (Phi) is 6.50. The molecule has 31 heavy (non-hydrogen) atoms. The number of aryl methyl sites for hydroxylation is 1. The van der Waals surface area contributed by atoms with Gasteiger partial charge in [0.2, 0.25) is 10.0 Å². The number of likely N-dealkylation sites (tertiary alicyclic amines) is 1. The molecule has 0 radical (unpaired) electrons. The first kappa shape index (κ1) is 22.0. The van der Waals surface area contributed by atoms with Crippen LogP contribution in [-0.4, -0.2) is 49.7 Å². The smallest absolute Gasteiger partial charge is 0.291 e. The number of sulfonamides is 1. The molecule has 2 saturated heterocycles. The van der Waals surface area contributed by atoms with Crippen LogP contribution in [0.25, 0.3) is 0 Å². The van der Waals surface area contributed by atoms with E-state index < -0.39 is 15.9 Å². The molecule has 8 heteroatoms. The van der Waals surface area contributed by atoms with Crippen LogP contribution in [0, 0.1) is 12.8 Å². The minimum atomic E-state index is -3.62. The van der Waals surface area contributed by atoms with E-state index in [1.165, 1.54) is 28.8 Å². The predicted molar refractivity (Wildman–Crippen MR) is 120 cm³/mol. The Morgan fingerprint density at radius 1 is 1.10 bits per heavy atom. The lowest BCUT2D eigenvalue weighted by atomic mass is 9.99. The molecule has 1 aromatic carbocycles. The quantitative estimate of drug-likeness (QED) is 0.730. The minimum Gasteiger partial charge on any atom is -0.455 e. The van der Waals surface area contributed by atoms with Gasteiger partial charge in [0, 0.05) is 31.4 Å². The van der Waals surface area contributed by atoms with E-state index in [2.05, 4.69) is 17.1 Å². The summed E-state index contributed by atoms with van der Waals surface area (Å²) in [6.45, 7) is 8.07. The number of carbonyl (C=O) groups excluding carboxylic acids is 1. The number of piperidine rings is 1. The monoisotopic (exact) mass is 445 g/mol. The summed E-state index contributed by atoms with van der Waals surface area (Å²) >= 11 is 0. The first-order chi connectivity index (χ1) is 14.8. The average Bonchev–Trinajstić information content (AvgIpc) is 3.42. The molecule has 1 aromatic heterocycles. The molecule has 3 heterocycles. The SMILES string of the molecule is Cc1oc(C(=O)Nc2ccc(CN3CCC(C)CC3)cc2)cc1S(=O)(=O)N1CCCC1. The van der Waals surface area contributed by atoms with Crippen LogP contribution in [-0.2, 0) is 16.6 Å². The fourth-order valence-electron chi connectivity index (χ4n) is 4.27. The number of amides is 1. The standard InChI is InChI=1S/C23H31N3O4S/c1-17-9-13-25(14-10-17)16-19-5-7-20(8-6-19)24-23(27)21-15-22(18(2)30-21)31(28,29)26-11-3-4-12-26/h5-8,15,17H,3-4,9-14,16H2,1-2H3,(H,24,27). The number of anilines is 1. The van der Waals surface area contributed by atoms with Crippen molar-refractivity contribution in [3.8, 4) is 0 Å². The van der Waals surface area contributed by atoms with E-state index in [0.29, 0.717) is 18.8 Å². The predicted octanol–water partition coefficient (Wildman–Crippen LogP) is 3.86. The van der Waals surface area contributed by atoms with Gasteiger partial charge in [-0.2, -0.15) is 4.31 Å². The molecule has 0 saturated carbocycles. The lowest BCUT2D eigenvalue weighted by Crippen LogP contribution is -2.32. The second kappa shape index (κ2) is 9.14. The van der Waals surface area contributed by atoms with Gasteiger partial charge >= 0.3 is 0 Å². The number of nitrogens with one attached hydrogen (secondary N) is 1. The molecule has 0 atom stereocenters. The van der Waals surface area contributed by atoms with Crippen molar-refractivity contribution >= 4 is 21.6 Å². The largest absolute Gasteiger partial charge is 0.455 e. The third-order valence-electron chi connectivity index (χ3n) is 6.27. The second-order valence-electron chi connectivity index (χ2n) is 8.75.